The smallest absolute Gasteiger partial charge is 0.250 e. The molecule has 1 aromatic heterocycles. The Morgan fingerprint density at radius 3 is 2.67 bits per heavy atom. The lowest BCUT2D eigenvalue weighted by molar-refractivity contribution is 0.193. The van der Waals surface area contributed by atoms with Gasteiger partial charge in [-0.15, -0.1) is 11.3 Å². The van der Waals surface area contributed by atoms with Gasteiger partial charge in [0.25, 0.3) is 0 Å². The largest absolute Gasteiger partial charge is 0.385 e. The van der Waals surface area contributed by atoms with E-state index in [9.17, 15) is 8.42 Å². The molecule has 0 saturated carbocycles. The molecule has 0 unspecified atom stereocenters. The van der Waals surface area contributed by atoms with Gasteiger partial charge in [-0.05, 0) is 31.4 Å². The molecule has 0 radical (unpaired) electrons. The van der Waals surface area contributed by atoms with Crippen molar-refractivity contribution in [2.75, 3.05) is 26.8 Å². The first kappa shape index (κ1) is 18.6. The highest BCUT2D eigenvalue weighted by Crippen LogP contribution is 2.21. The Hall–Kier alpha value is -0.470. The average Bonchev–Trinajstić information content (AvgIpc) is 2.87. The van der Waals surface area contributed by atoms with Crippen LogP contribution in [-0.4, -0.2) is 41.3 Å². The lowest BCUT2D eigenvalue weighted by Gasteiger charge is -2.06. The highest BCUT2D eigenvalue weighted by Gasteiger charge is 2.15. The maximum Gasteiger partial charge on any atom is 0.250 e. The highest BCUT2D eigenvalue weighted by atomic mass is 32.2. The fraction of sp³-hybridized carbons (Fsp3) is 0.714. The monoisotopic (exact) mass is 334 g/mol. The van der Waals surface area contributed by atoms with Gasteiger partial charge < -0.3 is 10.1 Å². The van der Waals surface area contributed by atoms with Crippen LogP contribution in [0.15, 0.2) is 16.3 Å². The summed E-state index contributed by atoms with van der Waals surface area (Å²) in [5, 5.41) is 3.33. The predicted molar refractivity (Wildman–Crippen MR) is 87.5 cm³/mol. The van der Waals surface area contributed by atoms with Gasteiger partial charge >= 0.3 is 0 Å². The lowest BCUT2D eigenvalue weighted by atomic mass is 10.3. The second-order valence-corrected chi connectivity index (χ2v) is 8.34. The van der Waals surface area contributed by atoms with Crippen LogP contribution in [0.25, 0.3) is 0 Å². The molecule has 21 heavy (non-hydrogen) atoms. The number of hydrogen-bond acceptors (Lipinski definition) is 5. The molecule has 0 spiro atoms. The van der Waals surface area contributed by atoms with E-state index in [-0.39, 0.29) is 0 Å². The SMILES string of the molecule is COCCCCNS(=O)(=O)c1ccc(CCNC(C)C)s1. The third-order valence-corrected chi connectivity index (χ3v) is 5.99. The quantitative estimate of drug-likeness (QED) is 0.607. The minimum atomic E-state index is -3.36. The van der Waals surface area contributed by atoms with E-state index in [1.54, 1.807) is 13.2 Å². The van der Waals surface area contributed by atoms with Gasteiger partial charge in [-0.2, -0.15) is 0 Å². The van der Waals surface area contributed by atoms with Gasteiger partial charge in [0.2, 0.25) is 10.0 Å². The first-order valence-electron chi connectivity index (χ1n) is 7.26. The number of nitrogens with one attached hydrogen (secondary N) is 2. The van der Waals surface area contributed by atoms with Gasteiger partial charge in [-0.1, -0.05) is 13.8 Å². The Morgan fingerprint density at radius 2 is 2.00 bits per heavy atom. The Morgan fingerprint density at radius 1 is 1.24 bits per heavy atom. The van der Waals surface area contributed by atoms with Crippen LogP contribution >= 0.6 is 11.3 Å². The second-order valence-electron chi connectivity index (χ2n) is 5.18. The Balaban J connectivity index is 2.42. The van der Waals surface area contributed by atoms with E-state index in [0.29, 0.717) is 23.4 Å². The number of methoxy groups -OCH3 is 1. The van der Waals surface area contributed by atoms with Gasteiger partial charge in [0.1, 0.15) is 4.21 Å². The molecule has 0 atom stereocenters. The van der Waals surface area contributed by atoms with Crippen molar-refractivity contribution >= 4 is 21.4 Å². The zero-order valence-corrected chi connectivity index (χ0v) is 14.6. The third kappa shape index (κ3) is 7.37. The van der Waals surface area contributed by atoms with Crippen molar-refractivity contribution in [3.8, 4) is 0 Å². The number of rotatable bonds is 11. The normalized spacial score (nSPS) is 12.2. The summed E-state index contributed by atoms with van der Waals surface area (Å²) < 4.78 is 32.2. The van der Waals surface area contributed by atoms with Crippen LogP contribution in [0, 0.1) is 0 Å². The van der Waals surface area contributed by atoms with Crippen molar-refractivity contribution in [2.24, 2.45) is 0 Å². The Labute approximate surface area is 132 Å². The number of unbranched alkanes of at least 4 members (excludes halogenated alkanes) is 1. The topological polar surface area (TPSA) is 67.4 Å². The molecule has 0 aliphatic rings. The molecular formula is C14H26N2O3S2. The van der Waals surface area contributed by atoms with Crippen LogP contribution in [0.4, 0.5) is 0 Å². The molecular weight excluding hydrogens is 308 g/mol. The predicted octanol–water partition coefficient (Wildman–Crippen LogP) is 1.99. The minimum absolute atomic E-state index is 0.397. The molecule has 0 aliphatic carbocycles. The molecule has 0 aromatic carbocycles. The maximum atomic E-state index is 12.1. The van der Waals surface area contributed by atoms with E-state index < -0.39 is 10.0 Å². The molecule has 0 fully saturated rings. The van der Waals surface area contributed by atoms with E-state index in [1.165, 1.54) is 11.3 Å². The van der Waals surface area contributed by atoms with Crippen LogP contribution < -0.4 is 10.0 Å². The Kier molecular flexibility index (Phi) is 8.43. The van der Waals surface area contributed by atoms with Crippen LogP contribution in [0.1, 0.15) is 31.6 Å². The van der Waals surface area contributed by atoms with Crippen LogP contribution in [0.3, 0.4) is 0 Å². The molecule has 0 amide bonds. The molecule has 0 saturated heterocycles. The van der Waals surface area contributed by atoms with E-state index >= 15 is 0 Å². The summed E-state index contributed by atoms with van der Waals surface area (Å²) in [5.41, 5.74) is 0. The van der Waals surface area contributed by atoms with Gasteiger partial charge in [-0.3, -0.25) is 0 Å². The van der Waals surface area contributed by atoms with E-state index in [4.69, 9.17) is 4.74 Å². The second kappa shape index (κ2) is 9.53. The van der Waals surface area contributed by atoms with E-state index in [2.05, 4.69) is 23.9 Å². The van der Waals surface area contributed by atoms with Gasteiger partial charge in [0.15, 0.2) is 0 Å². The van der Waals surface area contributed by atoms with E-state index in [1.807, 2.05) is 6.07 Å². The lowest BCUT2D eigenvalue weighted by Crippen LogP contribution is -2.24. The summed E-state index contributed by atoms with van der Waals surface area (Å²) in [7, 11) is -1.72. The number of sulfonamides is 1. The zero-order chi connectivity index (χ0) is 15.7. The highest BCUT2D eigenvalue weighted by molar-refractivity contribution is 7.91. The third-order valence-electron chi connectivity index (χ3n) is 2.89. The summed E-state index contributed by atoms with van der Waals surface area (Å²) in [4.78, 5) is 1.09. The average molecular weight is 335 g/mol. The zero-order valence-electron chi connectivity index (χ0n) is 13.0. The van der Waals surface area contributed by atoms with Crippen molar-refractivity contribution in [3.63, 3.8) is 0 Å². The molecule has 122 valence electrons. The molecule has 0 aliphatic heterocycles. The number of thiophene rings is 1. The summed E-state index contributed by atoms with van der Waals surface area (Å²) in [5.74, 6) is 0. The van der Waals surface area contributed by atoms with Crippen LogP contribution in [0.5, 0.6) is 0 Å². The maximum absolute atomic E-state index is 12.1. The molecule has 1 rings (SSSR count). The van der Waals surface area contributed by atoms with Crippen molar-refractivity contribution in [1.82, 2.24) is 10.0 Å². The Bertz CT molecular complexity index is 498. The molecule has 2 N–H and O–H groups in total. The first-order chi connectivity index (χ1) is 9.95. The first-order valence-corrected chi connectivity index (χ1v) is 9.56. The van der Waals surface area contributed by atoms with Crippen molar-refractivity contribution < 1.29 is 13.2 Å². The molecule has 5 nitrogen and oxygen atoms in total. The summed E-state index contributed by atoms with van der Waals surface area (Å²) >= 11 is 1.34. The summed E-state index contributed by atoms with van der Waals surface area (Å²) in [6.45, 7) is 6.17. The number of hydrogen-bond donors (Lipinski definition) is 2. The number of ether oxygens (including phenoxy) is 1. The fourth-order valence-electron chi connectivity index (χ4n) is 1.77. The molecule has 1 aromatic rings. The summed E-state index contributed by atoms with van der Waals surface area (Å²) in [6, 6.07) is 4.03. The van der Waals surface area contributed by atoms with Crippen LogP contribution in [0.2, 0.25) is 0 Å². The van der Waals surface area contributed by atoms with Gasteiger partial charge in [0, 0.05) is 37.7 Å². The van der Waals surface area contributed by atoms with Crippen molar-refractivity contribution in [2.45, 2.75) is 43.4 Å². The molecule has 0 bridgehead atoms. The molecule has 7 heteroatoms. The van der Waals surface area contributed by atoms with Gasteiger partial charge in [-0.25, -0.2) is 13.1 Å². The summed E-state index contributed by atoms with van der Waals surface area (Å²) in [6.07, 6.45) is 2.49. The molecule has 1 heterocycles. The van der Waals surface area contributed by atoms with Crippen molar-refractivity contribution in [3.05, 3.63) is 17.0 Å². The fourth-order valence-corrected chi connectivity index (χ4v) is 4.24. The standard InChI is InChI=1S/C14H26N2O3S2/c1-12(2)15-10-8-13-6-7-14(20-13)21(17,18)16-9-4-5-11-19-3/h6-7,12,15-16H,4-5,8-11H2,1-3H3. The van der Waals surface area contributed by atoms with Crippen molar-refractivity contribution in [1.29, 1.82) is 0 Å². The van der Waals surface area contributed by atoms with Crippen LogP contribution in [-0.2, 0) is 21.2 Å². The van der Waals surface area contributed by atoms with E-state index in [0.717, 1.165) is 30.7 Å². The van der Waals surface area contributed by atoms with Gasteiger partial charge in [0.05, 0.1) is 0 Å². The minimum Gasteiger partial charge on any atom is -0.385 e.